The highest BCUT2D eigenvalue weighted by molar-refractivity contribution is 6.11. The lowest BCUT2D eigenvalue weighted by Gasteiger charge is -2.29. The number of hydrogen-bond donors (Lipinski definition) is 0. The molecule has 0 radical (unpaired) electrons. The summed E-state index contributed by atoms with van der Waals surface area (Å²) in [6.45, 7) is 0. The Kier molecular flexibility index (Phi) is 4.89. The molecule has 0 aromatic carbocycles. The third-order valence-electron chi connectivity index (χ3n) is 6.49. The first-order valence-electron chi connectivity index (χ1n) is 9.27. The molecule has 20 heavy (non-hydrogen) atoms. The standard InChI is InChI=1S/C18H31BO/c19-17-9-8-14-10-16(11-15(14)12-17)18(20)13-6-4-2-1-3-5-7-13/h13-17H,1-12,19H2. The van der Waals surface area contributed by atoms with Crippen molar-refractivity contribution in [3.8, 4) is 0 Å². The second-order valence-electron chi connectivity index (χ2n) is 8.05. The van der Waals surface area contributed by atoms with E-state index in [4.69, 9.17) is 0 Å². The molecule has 3 fully saturated rings. The molecule has 0 aliphatic heterocycles. The van der Waals surface area contributed by atoms with Gasteiger partial charge in [0.25, 0.3) is 0 Å². The first-order valence-corrected chi connectivity index (χ1v) is 9.27. The van der Waals surface area contributed by atoms with Crippen LogP contribution in [0.1, 0.15) is 77.0 Å². The number of carbonyl (C=O) groups is 1. The minimum atomic E-state index is 0.429. The SMILES string of the molecule is BC1CCC2CC(C(=O)C3CCCCCCC3)CC2C1. The molecule has 112 valence electrons. The summed E-state index contributed by atoms with van der Waals surface area (Å²) in [7, 11) is 2.40. The van der Waals surface area contributed by atoms with Gasteiger partial charge in [0.2, 0.25) is 0 Å². The maximum absolute atomic E-state index is 12.9. The summed E-state index contributed by atoms with van der Waals surface area (Å²) in [5, 5.41) is 0. The van der Waals surface area contributed by atoms with Gasteiger partial charge in [-0.05, 0) is 37.5 Å². The van der Waals surface area contributed by atoms with E-state index >= 15 is 0 Å². The number of Topliss-reactive ketones (excluding diaryl/α,β-unsaturated/α-hetero) is 1. The Hall–Kier alpha value is -0.265. The number of carbonyl (C=O) groups excluding carboxylic acids is 1. The van der Waals surface area contributed by atoms with Crippen LogP contribution < -0.4 is 0 Å². The van der Waals surface area contributed by atoms with Gasteiger partial charge < -0.3 is 0 Å². The van der Waals surface area contributed by atoms with Crippen molar-refractivity contribution in [1.29, 1.82) is 0 Å². The van der Waals surface area contributed by atoms with Crippen molar-refractivity contribution in [2.24, 2.45) is 23.7 Å². The van der Waals surface area contributed by atoms with Gasteiger partial charge in [-0.3, -0.25) is 4.79 Å². The lowest BCUT2D eigenvalue weighted by atomic mass is 9.68. The number of fused-ring (bicyclic) bond motifs is 1. The van der Waals surface area contributed by atoms with Crippen LogP contribution in [0.15, 0.2) is 0 Å². The second kappa shape index (κ2) is 6.66. The van der Waals surface area contributed by atoms with Crippen LogP contribution in [-0.4, -0.2) is 13.6 Å². The van der Waals surface area contributed by atoms with E-state index in [1.54, 1.807) is 0 Å². The van der Waals surface area contributed by atoms with E-state index in [1.807, 2.05) is 0 Å². The predicted octanol–water partition coefficient (Wildman–Crippen LogP) is 4.16. The van der Waals surface area contributed by atoms with Crippen LogP contribution in [0.3, 0.4) is 0 Å². The van der Waals surface area contributed by atoms with E-state index in [1.165, 1.54) is 77.0 Å². The first kappa shape index (κ1) is 14.7. The molecule has 0 aromatic heterocycles. The van der Waals surface area contributed by atoms with Gasteiger partial charge in [-0.2, -0.15) is 0 Å². The average Bonchev–Trinajstić information content (AvgIpc) is 2.80. The van der Waals surface area contributed by atoms with Crippen molar-refractivity contribution in [1.82, 2.24) is 0 Å². The Balaban J connectivity index is 1.57. The summed E-state index contributed by atoms with van der Waals surface area (Å²) < 4.78 is 0. The average molecular weight is 274 g/mol. The van der Waals surface area contributed by atoms with Crippen LogP contribution >= 0.6 is 0 Å². The van der Waals surface area contributed by atoms with E-state index in [2.05, 4.69) is 7.85 Å². The van der Waals surface area contributed by atoms with Crippen molar-refractivity contribution in [2.75, 3.05) is 0 Å². The molecule has 4 unspecified atom stereocenters. The maximum Gasteiger partial charge on any atom is 0.139 e. The van der Waals surface area contributed by atoms with Crippen LogP contribution in [0, 0.1) is 23.7 Å². The molecule has 2 heteroatoms. The second-order valence-corrected chi connectivity index (χ2v) is 8.05. The quantitative estimate of drug-likeness (QED) is 0.691. The minimum absolute atomic E-state index is 0.429. The van der Waals surface area contributed by atoms with Crippen molar-refractivity contribution in [3.63, 3.8) is 0 Å². The summed E-state index contributed by atoms with van der Waals surface area (Å²) in [4.78, 5) is 12.9. The summed E-state index contributed by atoms with van der Waals surface area (Å²) >= 11 is 0. The highest BCUT2D eigenvalue weighted by Gasteiger charge is 2.41. The normalized spacial score (nSPS) is 39.8. The molecule has 0 bridgehead atoms. The fraction of sp³-hybridized carbons (Fsp3) is 0.944. The molecule has 0 spiro atoms. The van der Waals surface area contributed by atoms with Crippen LogP contribution in [0.25, 0.3) is 0 Å². The van der Waals surface area contributed by atoms with Gasteiger partial charge in [0.1, 0.15) is 13.6 Å². The number of rotatable bonds is 2. The van der Waals surface area contributed by atoms with Gasteiger partial charge in [0.15, 0.2) is 0 Å². The predicted molar refractivity (Wildman–Crippen MR) is 86.7 cm³/mol. The summed E-state index contributed by atoms with van der Waals surface area (Å²) in [5.74, 6) is 4.24. The Morgan fingerprint density at radius 1 is 0.700 bits per heavy atom. The third kappa shape index (κ3) is 3.31. The molecule has 0 saturated heterocycles. The van der Waals surface area contributed by atoms with E-state index in [0.29, 0.717) is 17.6 Å². The Morgan fingerprint density at radius 3 is 2.10 bits per heavy atom. The molecule has 0 aromatic rings. The van der Waals surface area contributed by atoms with Gasteiger partial charge in [0, 0.05) is 11.8 Å². The van der Waals surface area contributed by atoms with E-state index in [9.17, 15) is 4.79 Å². The molecule has 3 aliphatic carbocycles. The zero-order chi connectivity index (χ0) is 13.9. The van der Waals surface area contributed by atoms with Gasteiger partial charge in [-0.25, -0.2) is 0 Å². The molecule has 3 rings (SSSR count). The zero-order valence-electron chi connectivity index (χ0n) is 13.3. The minimum Gasteiger partial charge on any atom is -0.299 e. The van der Waals surface area contributed by atoms with E-state index in [0.717, 1.165) is 17.7 Å². The molecule has 3 saturated carbocycles. The van der Waals surface area contributed by atoms with Crippen molar-refractivity contribution in [2.45, 2.75) is 82.9 Å². The molecule has 0 heterocycles. The molecule has 4 atom stereocenters. The van der Waals surface area contributed by atoms with Crippen molar-refractivity contribution in [3.05, 3.63) is 0 Å². The van der Waals surface area contributed by atoms with Crippen LogP contribution in [0.4, 0.5) is 0 Å². The van der Waals surface area contributed by atoms with Gasteiger partial charge in [-0.15, -0.1) is 0 Å². The first-order chi connectivity index (χ1) is 9.74. The zero-order valence-corrected chi connectivity index (χ0v) is 13.3. The van der Waals surface area contributed by atoms with Gasteiger partial charge in [-0.1, -0.05) is 57.2 Å². The molecule has 0 amide bonds. The fourth-order valence-corrected chi connectivity index (χ4v) is 5.29. The fourth-order valence-electron chi connectivity index (χ4n) is 5.29. The molecule has 0 N–H and O–H groups in total. The summed E-state index contributed by atoms with van der Waals surface area (Å²) in [6.07, 6.45) is 15.8. The monoisotopic (exact) mass is 274 g/mol. The van der Waals surface area contributed by atoms with E-state index in [-0.39, 0.29) is 0 Å². The van der Waals surface area contributed by atoms with Crippen molar-refractivity contribution >= 4 is 13.6 Å². The van der Waals surface area contributed by atoms with Gasteiger partial charge in [0.05, 0.1) is 0 Å². The highest BCUT2D eigenvalue weighted by Crippen LogP contribution is 2.49. The van der Waals surface area contributed by atoms with Gasteiger partial charge >= 0.3 is 0 Å². The molecular formula is C18H31BO. The molecule has 1 nitrogen and oxygen atoms in total. The summed E-state index contributed by atoms with van der Waals surface area (Å²) in [6, 6.07) is 0. The summed E-state index contributed by atoms with van der Waals surface area (Å²) in [5.41, 5.74) is 0. The van der Waals surface area contributed by atoms with Crippen LogP contribution in [0.5, 0.6) is 0 Å². The highest BCUT2D eigenvalue weighted by atomic mass is 16.1. The molecular weight excluding hydrogens is 243 g/mol. The lowest BCUT2D eigenvalue weighted by Crippen LogP contribution is -2.23. The maximum atomic E-state index is 12.9. The molecule has 3 aliphatic rings. The lowest BCUT2D eigenvalue weighted by molar-refractivity contribution is -0.127. The van der Waals surface area contributed by atoms with Crippen LogP contribution in [0.2, 0.25) is 5.82 Å². The third-order valence-corrected chi connectivity index (χ3v) is 6.49. The van der Waals surface area contributed by atoms with Crippen LogP contribution in [-0.2, 0) is 4.79 Å². The Bertz CT molecular complexity index is 332. The Morgan fingerprint density at radius 2 is 1.35 bits per heavy atom. The number of hydrogen-bond acceptors (Lipinski definition) is 1. The Labute approximate surface area is 125 Å². The van der Waals surface area contributed by atoms with E-state index < -0.39 is 0 Å². The van der Waals surface area contributed by atoms with Crippen molar-refractivity contribution < 1.29 is 4.79 Å². The largest absolute Gasteiger partial charge is 0.299 e. The smallest absolute Gasteiger partial charge is 0.139 e. The topological polar surface area (TPSA) is 17.1 Å². The number of ketones is 1.